The summed E-state index contributed by atoms with van der Waals surface area (Å²) < 4.78 is 16.6. The monoisotopic (exact) mass is 320 g/mol. The van der Waals surface area contributed by atoms with Crippen LogP contribution in [0.5, 0.6) is 17.2 Å². The van der Waals surface area contributed by atoms with Gasteiger partial charge in [0.15, 0.2) is 11.5 Å². The van der Waals surface area contributed by atoms with Crippen molar-refractivity contribution in [1.82, 2.24) is 10.2 Å². The topological polar surface area (TPSA) is 60.0 Å². The molecule has 0 aromatic heterocycles. The molecule has 6 heteroatoms. The molecule has 2 aliphatic heterocycles. The van der Waals surface area contributed by atoms with E-state index >= 15 is 0 Å². The molecule has 0 spiro atoms. The predicted octanol–water partition coefficient (Wildman–Crippen LogP) is 1.68. The maximum Gasteiger partial charge on any atom is 0.254 e. The van der Waals surface area contributed by atoms with E-state index in [1.165, 1.54) is 0 Å². The first kappa shape index (κ1) is 15.9. The van der Waals surface area contributed by atoms with Crippen molar-refractivity contribution in [3.8, 4) is 17.2 Å². The van der Waals surface area contributed by atoms with Gasteiger partial charge in [0.1, 0.15) is 13.2 Å². The maximum absolute atomic E-state index is 13.0. The van der Waals surface area contributed by atoms with Crippen molar-refractivity contribution >= 4 is 5.91 Å². The fourth-order valence-corrected chi connectivity index (χ4v) is 3.16. The van der Waals surface area contributed by atoms with Gasteiger partial charge >= 0.3 is 0 Å². The molecule has 0 aliphatic carbocycles. The number of methoxy groups -OCH3 is 1. The summed E-state index contributed by atoms with van der Waals surface area (Å²) in [6, 6.07) is 3.77. The van der Waals surface area contributed by atoms with E-state index in [-0.39, 0.29) is 11.9 Å². The molecule has 0 bridgehead atoms. The third kappa shape index (κ3) is 3.22. The Morgan fingerprint density at radius 3 is 2.91 bits per heavy atom. The quantitative estimate of drug-likeness (QED) is 0.894. The van der Waals surface area contributed by atoms with Crippen molar-refractivity contribution in [3.63, 3.8) is 0 Å². The van der Waals surface area contributed by atoms with Gasteiger partial charge < -0.3 is 24.4 Å². The Morgan fingerprint density at radius 1 is 1.39 bits per heavy atom. The summed E-state index contributed by atoms with van der Waals surface area (Å²) in [5.41, 5.74) is 0.589. The molecule has 6 nitrogen and oxygen atoms in total. The average Bonchev–Trinajstić information content (AvgIpc) is 3.12. The Kier molecular flexibility index (Phi) is 4.91. The molecule has 2 aliphatic rings. The van der Waals surface area contributed by atoms with Gasteiger partial charge in [0, 0.05) is 24.7 Å². The van der Waals surface area contributed by atoms with Crippen molar-refractivity contribution in [2.75, 3.05) is 40.0 Å². The van der Waals surface area contributed by atoms with Gasteiger partial charge in [-0.3, -0.25) is 4.79 Å². The molecule has 1 aromatic rings. The van der Waals surface area contributed by atoms with Crippen LogP contribution in [0.15, 0.2) is 12.1 Å². The Labute approximate surface area is 136 Å². The molecule has 23 heavy (non-hydrogen) atoms. The lowest BCUT2D eigenvalue weighted by Gasteiger charge is -2.29. The van der Waals surface area contributed by atoms with Gasteiger partial charge in [0.25, 0.3) is 5.91 Å². The van der Waals surface area contributed by atoms with Crippen LogP contribution in [0.2, 0.25) is 0 Å². The Bertz CT molecular complexity index is 553. The average molecular weight is 320 g/mol. The van der Waals surface area contributed by atoms with Crippen LogP contribution in [-0.2, 0) is 0 Å². The first-order chi connectivity index (χ1) is 11.2. The number of hydrogen-bond acceptors (Lipinski definition) is 5. The molecule has 3 rings (SSSR count). The van der Waals surface area contributed by atoms with Crippen molar-refractivity contribution in [1.29, 1.82) is 0 Å². The molecule has 1 aromatic carbocycles. The normalized spacial score (nSPS) is 19.5. The highest BCUT2D eigenvalue weighted by atomic mass is 16.6. The molecule has 1 unspecified atom stereocenters. The van der Waals surface area contributed by atoms with Gasteiger partial charge in [-0.05, 0) is 31.5 Å². The van der Waals surface area contributed by atoms with E-state index in [4.69, 9.17) is 14.2 Å². The molecule has 1 atom stereocenters. The lowest BCUT2D eigenvalue weighted by Crippen LogP contribution is -2.42. The van der Waals surface area contributed by atoms with E-state index in [1.54, 1.807) is 19.2 Å². The number of ether oxygens (including phenoxy) is 3. The molecule has 1 fully saturated rings. The molecule has 1 saturated heterocycles. The molecular formula is C17H24N2O4. The van der Waals surface area contributed by atoms with Crippen molar-refractivity contribution in [2.45, 2.75) is 25.8 Å². The zero-order chi connectivity index (χ0) is 16.2. The minimum Gasteiger partial charge on any atom is -0.493 e. The minimum absolute atomic E-state index is 0.0239. The van der Waals surface area contributed by atoms with E-state index in [2.05, 4.69) is 12.2 Å². The fourth-order valence-electron chi connectivity index (χ4n) is 3.16. The highest BCUT2D eigenvalue weighted by Gasteiger charge is 2.29. The number of hydrogen-bond donors (Lipinski definition) is 1. The Hall–Kier alpha value is -1.95. The highest BCUT2D eigenvalue weighted by Crippen LogP contribution is 2.40. The number of nitrogens with one attached hydrogen (secondary N) is 1. The van der Waals surface area contributed by atoms with Gasteiger partial charge in [-0.25, -0.2) is 0 Å². The lowest BCUT2D eigenvalue weighted by molar-refractivity contribution is 0.0690. The van der Waals surface area contributed by atoms with Gasteiger partial charge in [-0.1, -0.05) is 6.92 Å². The van der Waals surface area contributed by atoms with E-state index in [9.17, 15) is 4.79 Å². The molecule has 2 heterocycles. The first-order valence-corrected chi connectivity index (χ1v) is 8.24. The van der Waals surface area contributed by atoms with Gasteiger partial charge in [0.2, 0.25) is 5.75 Å². The van der Waals surface area contributed by atoms with E-state index in [0.29, 0.717) is 36.0 Å². The van der Waals surface area contributed by atoms with Crippen LogP contribution in [0, 0.1) is 0 Å². The second-order valence-electron chi connectivity index (χ2n) is 5.85. The lowest BCUT2D eigenvalue weighted by atomic mass is 10.1. The summed E-state index contributed by atoms with van der Waals surface area (Å²) in [7, 11) is 1.58. The smallest absolute Gasteiger partial charge is 0.254 e. The second-order valence-corrected chi connectivity index (χ2v) is 5.85. The highest BCUT2D eigenvalue weighted by molar-refractivity contribution is 5.96. The minimum atomic E-state index is 0.0239. The summed E-state index contributed by atoms with van der Waals surface area (Å²) in [6.07, 6.45) is 1.93. The van der Waals surface area contributed by atoms with E-state index in [0.717, 1.165) is 32.5 Å². The number of amides is 1. The summed E-state index contributed by atoms with van der Waals surface area (Å²) in [5, 5.41) is 3.33. The zero-order valence-corrected chi connectivity index (χ0v) is 13.8. The Balaban J connectivity index is 1.90. The molecule has 1 N–H and O–H groups in total. The fraction of sp³-hybridized carbons (Fsp3) is 0.588. The van der Waals surface area contributed by atoms with Crippen LogP contribution < -0.4 is 19.5 Å². The van der Waals surface area contributed by atoms with Gasteiger partial charge in [-0.2, -0.15) is 0 Å². The van der Waals surface area contributed by atoms with Crippen LogP contribution in [0.4, 0.5) is 0 Å². The zero-order valence-electron chi connectivity index (χ0n) is 13.8. The maximum atomic E-state index is 13.0. The van der Waals surface area contributed by atoms with Crippen LogP contribution in [0.3, 0.4) is 0 Å². The number of nitrogens with zero attached hydrogens (tertiary/aromatic N) is 1. The number of carbonyl (C=O) groups is 1. The van der Waals surface area contributed by atoms with Crippen LogP contribution >= 0.6 is 0 Å². The summed E-state index contributed by atoms with van der Waals surface area (Å²) in [5.74, 6) is 1.74. The van der Waals surface area contributed by atoms with Gasteiger partial charge in [-0.15, -0.1) is 0 Å². The van der Waals surface area contributed by atoms with Gasteiger partial charge in [0.05, 0.1) is 7.11 Å². The molecule has 0 saturated carbocycles. The van der Waals surface area contributed by atoms with Crippen molar-refractivity contribution in [2.24, 2.45) is 0 Å². The second kappa shape index (κ2) is 7.08. The van der Waals surface area contributed by atoms with Crippen LogP contribution in [0.1, 0.15) is 30.1 Å². The Morgan fingerprint density at radius 2 is 2.22 bits per heavy atom. The summed E-state index contributed by atoms with van der Waals surface area (Å²) >= 11 is 0. The SMILES string of the molecule is CCCN(C(=O)c1cc(OC)c2c(c1)OCCO2)C1CCNC1. The van der Waals surface area contributed by atoms with E-state index < -0.39 is 0 Å². The van der Waals surface area contributed by atoms with Crippen molar-refractivity contribution < 1.29 is 19.0 Å². The number of fused-ring (bicyclic) bond motifs is 1. The third-order valence-corrected chi connectivity index (χ3v) is 4.28. The molecule has 0 radical (unpaired) electrons. The largest absolute Gasteiger partial charge is 0.493 e. The number of benzene rings is 1. The number of rotatable bonds is 5. The number of carbonyl (C=O) groups excluding carboxylic acids is 1. The van der Waals surface area contributed by atoms with Crippen LogP contribution in [-0.4, -0.2) is 56.8 Å². The first-order valence-electron chi connectivity index (χ1n) is 8.24. The van der Waals surface area contributed by atoms with E-state index in [1.807, 2.05) is 4.90 Å². The van der Waals surface area contributed by atoms with Crippen LogP contribution in [0.25, 0.3) is 0 Å². The molecule has 1 amide bonds. The summed E-state index contributed by atoms with van der Waals surface area (Å²) in [6.45, 7) is 5.64. The molecular weight excluding hydrogens is 296 g/mol. The standard InChI is InChI=1S/C17H24N2O4/c1-3-6-19(13-4-5-18-11-13)17(20)12-9-14(21-2)16-15(10-12)22-7-8-23-16/h9-10,13,18H,3-8,11H2,1-2H3. The molecule has 126 valence electrons. The predicted molar refractivity (Wildman–Crippen MR) is 86.6 cm³/mol. The summed E-state index contributed by atoms with van der Waals surface area (Å²) in [4.78, 5) is 15.0. The third-order valence-electron chi connectivity index (χ3n) is 4.28. The van der Waals surface area contributed by atoms with Crippen molar-refractivity contribution in [3.05, 3.63) is 17.7 Å².